The Bertz CT molecular complexity index is 421. The van der Waals surface area contributed by atoms with E-state index in [2.05, 4.69) is 10.9 Å². The number of anilines is 1. The minimum Gasteiger partial charge on any atom is -0.478 e. The quantitative estimate of drug-likeness (QED) is 0.750. The molecule has 78 valence electrons. The Labute approximate surface area is 88.6 Å². The van der Waals surface area contributed by atoms with E-state index in [4.69, 9.17) is 11.5 Å². The highest BCUT2D eigenvalue weighted by atomic mass is 16.4. The maximum atomic E-state index is 10.8. The number of terminal acetylenes is 1. The van der Waals surface area contributed by atoms with E-state index in [0.29, 0.717) is 18.1 Å². The summed E-state index contributed by atoms with van der Waals surface area (Å²) in [5.74, 6) is 2.08. The van der Waals surface area contributed by atoms with Crippen molar-refractivity contribution in [2.24, 2.45) is 0 Å². The van der Waals surface area contributed by atoms with E-state index in [1.807, 2.05) is 0 Å². The van der Waals surface area contributed by atoms with E-state index in [9.17, 15) is 4.79 Å². The Kier molecular flexibility index (Phi) is 3.29. The Morgan fingerprint density at radius 2 is 2.33 bits per heavy atom. The lowest BCUT2D eigenvalue weighted by atomic mass is 10.2. The van der Waals surface area contributed by atoms with Gasteiger partial charge in [0.05, 0.1) is 12.1 Å². The third-order valence-corrected chi connectivity index (χ3v) is 1.91. The van der Waals surface area contributed by atoms with Gasteiger partial charge in [-0.2, -0.15) is 0 Å². The van der Waals surface area contributed by atoms with Crippen LogP contribution in [0.1, 0.15) is 16.1 Å². The highest BCUT2D eigenvalue weighted by Gasteiger charge is 2.08. The Morgan fingerprint density at radius 1 is 1.67 bits per heavy atom. The second kappa shape index (κ2) is 4.47. The van der Waals surface area contributed by atoms with Gasteiger partial charge in [-0.05, 0) is 19.1 Å². The van der Waals surface area contributed by atoms with Crippen molar-refractivity contribution in [1.82, 2.24) is 4.98 Å². The minimum absolute atomic E-state index is 0.223. The molecule has 1 rings (SSSR count). The first-order valence-electron chi connectivity index (χ1n) is 4.41. The third-order valence-electron chi connectivity index (χ3n) is 1.91. The van der Waals surface area contributed by atoms with Gasteiger partial charge in [-0.1, -0.05) is 5.92 Å². The molecule has 15 heavy (non-hydrogen) atoms. The van der Waals surface area contributed by atoms with Crippen molar-refractivity contribution in [2.45, 2.75) is 6.92 Å². The van der Waals surface area contributed by atoms with Gasteiger partial charge in [0.2, 0.25) is 0 Å². The van der Waals surface area contributed by atoms with Gasteiger partial charge in [-0.3, -0.25) is 0 Å². The number of aryl methyl sites for hydroxylation is 1. The average Bonchev–Trinajstić information content (AvgIpc) is 2.17. The number of hydrogen-bond donors (Lipinski definition) is 1. The second-order valence-electron chi connectivity index (χ2n) is 3.22. The van der Waals surface area contributed by atoms with Crippen LogP contribution in [0.25, 0.3) is 0 Å². The summed E-state index contributed by atoms with van der Waals surface area (Å²) in [6.45, 7) is 2.15. The first kappa shape index (κ1) is 11.1. The zero-order valence-electron chi connectivity index (χ0n) is 8.69. The fourth-order valence-electron chi connectivity index (χ4n) is 1.19. The first-order valence-corrected chi connectivity index (χ1v) is 4.41. The monoisotopic (exact) mass is 204 g/mol. The number of aromatic carboxylic acids is 1. The summed E-state index contributed by atoms with van der Waals surface area (Å²) in [4.78, 5) is 16.7. The van der Waals surface area contributed by atoms with Gasteiger partial charge in [-0.25, -0.2) is 9.78 Å². The van der Waals surface area contributed by atoms with Crippen molar-refractivity contribution < 1.29 is 9.90 Å². The molecule has 0 saturated carbocycles. The summed E-state index contributed by atoms with van der Waals surface area (Å²) in [5, 5.41) is 8.86. The maximum absolute atomic E-state index is 10.8. The molecule has 0 bridgehead atoms. The predicted molar refractivity (Wildman–Crippen MR) is 58.0 cm³/mol. The molecule has 1 aromatic rings. The predicted octanol–water partition coefficient (Wildman–Crippen LogP) is 1.16. The molecule has 0 unspecified atom stereocenters. The highest BCUT2D eigenvalue weighted by molar-refractivity contribution is 5.88. The zero-order valence-corrected chi connectivity index (χ0v) is 8.69. The number of rotatable bonds is 3. The Morgan fingerprint density at radius 3 is 2.87 bits per heavy atom. The summed E-state index contributed by atoms with van der Waals surface area (Å²) in [5.41, 5.74) is 0.884. The van der Waals surface area contributed by atoms with Crippen LogP contribution >= 0.6 is 0 Å². The number of pyridine rings is 1. The largest absolute Gasteiger partial charge is 0.478 e. The Balaban J connectivity index is 3.09. The molecule has 0 aliphatic heterocycles. The van der Waals surface area contributed by atoms with Crippen LogP contribution < -0.4 is 4.90 Å². The fraction of sp³-hybridized carbons (Fsp3) is 0.273. The van der Waals surface area contributed by atoms with Crippen molar-refractivity contribution >= 4 is 11.8 Å². The van der Waals surface area contributed by atoms with Gasteiger partial charge in [0, 0.05) is 12.7 Å². The van der Waals surface area contributed by atoms with Gasteiger partial charge < -0.3 is 10.0 Å². The molecule has 4 heteroatoms. The topological polar surface area (TPSA) is 53.4 Å². The summed E-state index contributed by atoms with van der Waals surface area (Å²) in [6.07, 6.45) is 5.17. The van der Waals surface area contributed by atoms with E-state index in [1.165, 1.54) is 12.1 Å². The summed E-state index contributed by atoms with van der Waals surface area (Å²) < 4.78 is 0. The zero-order chi connectivity index (χ0) is 11.4. The lowest BCUT2D eigenvalue weighted by Crippen LogP contribution is -2.19. The highest BCUT2D eigenvalue weighted by Crippen LogP contribution is 2.13. The Hall–Kier alpha value is -2.02. The van der Waals surface area contributed by atoms with E-state index in [-0.39, 0.29) is 5.56 Å². The van der Waals surface area contributed by atoms with Crippen LogP contribution in [0.4, 0.5) is 5.82 Å². The van der Waals surface area contributed by atoms with Crippen molar-refractivity contribution in [3.63, 3.8) is 0 Å². The summed E-state index contributed by atoms with van der Waals surface area (Å²) >= 11 is 0. The average molecular weight is 204 g/mol. The number of carboxylic acid groups (broad SMARTS) is 1. The minimum atomic E-state index is -0.962. The lowest BCUT2D eigenvalue weighted by Gasteiger charge is -2.15. The molecule has 1 heterocycles. The van der Waals surface area contributed by atoms with Crippen LogP contribution in [0.5, 0.6) is 0 Å². The molecular weight excluding hydrogens is 192 g/mol. The molecule has 0 spiro atoms. The van der Waals surface area contributed by atoms with E-state index in [0.717, 1.165) is 0 Å². The molecule has 0 amide bonds. The normalized spacial score (nSPS) is 9.40. The summed E-state index contributed by atoms with van der Waals surface area (Å²) in [6, 6.07) is 3.03. The van der Waals surface area contributed by atoms with Gasteiger partial charge in [-0.15, -0.1) is 6.42 Å². The van der Waals surface area contributed by atoms with E-state index in [1.54, 1.807) is 18.9 Å². The van der Waals surface area contributed by atoms with E-state index >= 15 is 0 Å². The number of nitrogens with zero attached hydrogens (tertiary/aromatic N) is 2. The lowest BCUT2D eigenvalue weighted by molar-refractivity contribution is 0.0696. The molecule has 4 nitrogen and oxygen atoms in total. The van der Waals surface area contributed by atoms with Crippen molar-refractivity contribution in [3.05, 3.63) is 23.4 Å². The second-order valence-corrected chi connectivity index (χ2v) is 3.22. The van der Waals surface area contributed by atoms with Gasteiger partial charge in [0.25, 0.3) is 0 Å². The van der Waals surface area contributed by atoms with Gasteiger partial charge in [0.15, 0.2) is 0 Å². The van der Waals surface area contributed by atoms with E-state index < -0.39 is 5.97 Å². The molecule has 0 aromatic carbocycles. The number of hydrogen-bond acceptors (Lipinski definition) is 3. The van der Waals surface area contributed by atoms with Crippen molar-refractivity contribution in [3.8, 4) is 12.3 Å². The molecule has 0 saturated heterocycles. The van der Waals surface area contributed by atoms with Gasteiger partial charge in [0.1, 0.15) is 5.82 Å². The standard InChI is InChI=1S/C11H12N2O2/c1-4-5-13(3)10-7-9(11(14)15)6-8(2)12-10/h1,6-7H,5H2,2-3H3,(H,14,15). The molecule has 0 fully saturated rings. The third kappa shape index (κ3) is 2.71. The van der Waals surface area contributed by atoms with Crippen molar-refractivity contribution in [1.29, 1.82) is 0 Å². The van der Waals surface area contributed by atoms with Crippen LogP contribution in [-0.2, 0) is 0 Å². The molecule has 0 radical (unpaired) electrons. The van der Waals surface area contributed by atoms with Crippen LogP contribution in [0.15, 0.2) is 12.1 Å². The van der Waals surface area contributed by atoms with Crippen LogP contribution in [0.3, 0.4) is 0 Å². The first-order chi connectivity index (χ1) is 7.04. The smallest absolute Gasteiger partial charge is 0.335 e. The number of carboxylic acids is 1. The van der Waals surface area contributed by atoms with Crippen molar-refractivity contribution in [2.75, 3.05) is 18.5 Å². The molecule has 0 aliphatic rings. The van der Waals surface area contributed by atoms with Crippen LogP contribution in [0.2, 0.25) is 0 Å². The number of aromatic nitrogens is 1. The molecule has 1 aromatic heterocycles. The number of carbonyl (C=O) groups is 1. The van der Waals surface area contributed by atoms with Gasteiger partial charge >= 0.3 is 5.97 Å². The SMILES string of the molecule is C#CCN(C)c1cc(C(=O)O)cc(C)n1. The molecular formula is C11H12N2O2. The maximum Gasteiger partial charge on any atom is 0.335 e. The molecule has 0 aliphatic carbocycles. The molecule has 0 atom stereocenters. The van der Waals surface area contributed by atoms with Crippen LogP contribution in [0, 0.1) is 19.3 Å². The van der Waals surface area contributed by atoms with Crippen LogP contribution in [-0.4, -0.2) is 29.7 Å². The fourth-order valence-corrected chi connectivity index (χ4v) is 1.19. The summed E-state index contributed by atoms with van der Waals surface area (Å²) in [7, 11) is 1.77. The molecule has 1 N–H and O–H groups in total.